The van der Waals surface area contributed by atoms with Gasteiger partial charge in [0.25, 0.3) is 6.43 Å². The molecule has 2 aliphatic heterocycles. The maximum absolute atomic E-state index is 13.1. The first-order valence-electron chi connectivity index (χ1n) is 6.86. The molecule has 1 fully saturated rings. The number of fused-ring (bicyclic) bond motifs is 4. The zero-order valence-electron chi connectivity index (χ0n) is 11.8. The Bertz CT molecular complexity index is 591. The van der Waals surface area contributed by atoms with Crippen molar-refractivity contribution >= 4 is 17.5 Å². The predicted octanol–water partition coefficient (Wildman–Crippen LogP) is 3.67. The Hall–Kier alpha value is -1.36. The molecule has 2 heterocycles. The molecule has 114 valence electrons. The first kappa shape index (κ1) is 14.6. The Morgan fingerprint density at radius 2 is 2.19 bits per heavy atom. The third kappa shape index (κ3) is 2.27. The summed E-state index contributed by atoms with van der Waals surface area (Å²) in [5.41, 5.74) is -0.898. The van der Waals surface area contributed by atoms with Crippen molar-refractivity contribution in [2.45, 2.75) is 38.8 Å². The number of carbonyl (C=O) groups is 1. The molecule has 1 aromatic carbocycles. The van der Waals surface area contributed by atoms with Crippen molar-refractivity contribution in [2.75, 3.05) is 6.54 Å². The third-order valence-electron chi connectivity index (χ3n) is 4.24. The van der Waals surface area contributed by atoms with Crippen molar-refractivity contribution in [1.29, 1.82) is 0 Å². The van der Waals surface area contributed by atoms with E-state index in [-0.39, 0.29) is 12.1 Å². The fraction of sp³-hybridized carbons (Fsp3) is 0.533. The van der Waals surface area contributed by atoms with Gasteiger partial charge < -0.3 is 9.64 Å². The highest BCUT2D eigenvalue weighted by Gasteiger charge is 2.48. The molecule has 0 aliphatic carbocycles. The van der Waals surface area contributed by atoms with Gasteiger partial charge in [0.15, 0.2) is 0 Å². The Kier molecular flexibility index (Phi) is 3.35. The number of ether oxygens (including phenoxy) is 1. The summed E-state index contributed by atoms with van der Waals surface area (Å²) in [7, 11) is 0. The van der Waals surface area contributed by atoms with E-state index in [1.807, 2.05) is 0 Å². The monoisotopic (exact) mass is 315 g/mol. The van der Waals surface area contributed by atoms with Gasteiger partial charge in [0.1, 0.15) is 17.3 Å². The number of halogens is 3. The smallest absolute Gasteiger partial charge is 0.252 e. The number of amides is 1. The van der Waals surface area contributed by atoms with Gasteiger partial charge in [-0.1, -0.05) is 11.6 Å². The molecule has 21 heavy (non-hydrogen) atoms. The van der Waals surface area contributed by atoms with Gasteiger partial charge in [0.05, 0.1) is 12.6 Å². The van der Waals surface area contributed by atoms with E-state index in [4.69, 9.17) is 16.3 Å². The zero-order chi connectivity index (χ0) is 15.4. The summed E-state index contributed by atoms with van der Waals surface area (Å²) in [5.74, 6) is 0.146. The SMILES string of the molecule is CC(C)(C(=O)N1C[C@@H]2C[C@H]1c1cc(Cl)ccc1O2)C(F)F. The maximum atomic E-state index is 13.1. The Balaban J connectivity index is 1.95. The van der Waals surface area contributed by atoms with Gasteiger partial charge in [-0.15, -0.1) is 0 Å². The van der Waals surface area contributed by atoms with Crippen LogP contribution >= 0.6 is 11.6 Å². The summed E-state index contributed by atoms with van der Waals surface area (Å²) in [6, 6.07) is 5.00. The third-order valence-corrected chi connectivity index (χ3v) is 4.48. The summed E-state index contributed by atoms with van der Waals surface area (Å²) < 4.78 is 32.0. The summed E-state index contributed by atoms with van der Waals surface area (Å²) in [4.78, 5) is 14.0. The van der Waals surface area contributed by atoms with Crippen molar-refractivity contribution in [1.82, 2.24) is 4.90 Å². The number of hydrogen-bond acceptors (Lipinski definition) is 2. The lowest BCUT2D eigenvalue weighted by molar-refractivity contribution is -0.149. The predicted molar refractivity (Wildman–Crippen MR) is 74.7 cm³/mol. The lowest BCUT2D eigenvalue weighted by Crippen LogP contribution is -2.44. The van der Waals surface area contributed by atoms with Gasteiger partial charge >= 0.3 is 0 Å². The fourth-order valence-corrected chi connectivity index (χ4v) is 3.11. The molecule has 3 rings (SSSR count). The van der Waals surface area contributed by atoms with Gasteiger partial charge in [0, 0.05) is 17.0 Å². The molecule has 0 saturated carbocycles. The molecule has 0 radical (unpaired) electrons. The second-order valence-corrected chi connectivity index (χ2v) is 6.59. The number of rotatable bonds is 2. The molecule has 2 aliphatic rings. The minimum atomic E-state index is -2.70. The normalized spacial score (nSPS) is 24.0. The largest absolute Gasteiger partial charge is 0.488 e. The lowest BCUT2D eigenvalue weighted by atomic mass is 9.91. The summed E-state index contributed by atoms with van der Waals surface area (Å²) in [6.07, 6.45) is -2.22. The van der Waals surface area contributed by atoms with Crippen LogP contribution in [0.4, 0.5) is 8.78 Å². The molecule has 2 bridgehead atoms. The molecule has 1 amide bonds. The van der Waals surface area contributed by atoms with Gasteiger partial charge in [-0.25, -0.2) is 8.78 Å². The summed E-state index contributed by atoms with van der Waals surface area (Å²) >= 11 is 6.00. The number of benzene rings is 1. The molecule has 0 N–H and O–H groups in total. The number of likely N-dealkylation sites (tertiary alicyclic amines) is 1. The molecular weight excluding hydrogens is 300 g/mol. The van der Waals surface area contributed by atoms with E-state index in [1.165, 1.54) is 18.7 Å². The van der Waals surface area contributed by atoms with Gasteiger partial charge in [-0.05, 0) is 32.0 Å². The minimum absolute atomic E-state index is 0.138. The van der Waals surface area contributed by atoms with Crippen LogP contribution in [0.3, 0.4) is 0 Å². The van der Waals surface area contributed by atoms with Crippen LogP contribution in [0.2, 0.25) is 5.02 Å². The van der Waals surface area contributed by atoms with E-state index < -0.39 is 17.7 Å². The molecule has 6 heteroatoms. The highest BCUT2D eigenvalue weighted by atomic mass is 35.5. The first-order valence-corrected chi connectivity index (χ1v) is 7.24. The Morgan fingerprint density at radius 1 is 1.48 bits per heavy atom. The van der Waals surface area contributed by atoms with E-state index in [1.54, 1.807) is 18.2 Å². The molecule has 3 nitrogen and oxygen atoms in total. The van der Waals surface area contributed by atoms with E-state index in [0.29, 0.717) is 23.7 Å². The van der Waals surface area contributed by atoms with Gasteiger partial charge in [-0.2, -0.15) is 0 Å². The second kappa shape index (κ2) is 4.83. The summed E-state index contributed by atoms with van der Waals surface area (Å²) in [5, 5.41) is 0.545. The number of alkyl halides is 2. The van der Waals surface area contributed by atoms with Crippen LogP contribution in [0.15, 0.2) is 18.2 Å². The van der Waals surface area contributed by atoms with Gasteiger partial charge in [0.2, 0.25) is 5.91 Å². The van der Waals surface area contributed by atoms with Crippen LogP contribution in [-0.4, -0.2) is 29.9 Å². The molecule has 1 aromatic rings. The number of hydrogen-bond donors (Lipinski definition) is 0. The van der Waals surface area contributed by atoms with Crippen molar-refractivity contribution < 1.29 is 18.3 Å². The van der Waals surface area contributed by atoms with Crippen LogP contribution in [0.1, 0.15) is 31.9 Å². The topological polar surface area (TPSA) is 29.5 Å². The average Bonchev–Trinajstić information content (AvgIpc) is 2.77. The van der Waals surface area contributed by atoms with Crippen LogP contribution in [0, 0.1) is 5.41 Å². The molecule has 0 spiro atoms. The van der Waals surface area contributed by atoms with E-state index >= 15 is 0 Å². The quantitative estimate of drug-likeness (QED) is 0.833. The van der Waals surface area contributed by atoms with Crippen LogP contribution < -0.4 is 4.74 Å². The highest BCUT2D eigenvalue weighted by molar-refractivity contribution is 6.30. The fourth-order valence-electron chi connectivity index (χ4n) is 2.93. The summed E-state index contributed by atoms with van der Waals surface area (Å²) in [6.45, 7) is 2.90. The Morgan fingerprint density at radius 3 is 2.86 bits per heavy atom. The van der Waals surface area contributed by atoms with E-state index in [9.17, 15) is 13.6 Å². The van der Waals surface area contributed by atoms with Crippen LogP contribution in [-0.2, 0) is 4.79 Å². The zero-order valence-corrected chi connectivity index (χ0v) is 12.5. The number of nitrogens with zero attached hydrogens (tertiary/aromatic N) is 1. The number of carbonyl (C=O) groups excluding carboxylic acids is 1. The molecule has 0 aromatic heterocycles. The average molecular weight is 316 g/mol. The molecule has 1 saturated heterocycles. The van der Waals surface area contributed by atoms with Crippen LogP contribution in [0.5, 0.6) is 5.75 Å². The highest BCUT2D eigenvalue weighted by Crippen LogP contribution is 2.46. The standard InChI is InChI=1S/C15H16ClF2NO2/c1-15(2,13(17)18)14(20)19-7-9-6-11(19)10-5-8(16)3-4-12(10)21-9/h3-5,9,11,13H,6-7H2,1-2H3/t9-,11-/m0/s1. The molecule has 0 unspecified atom stereocenters. The Labute approximate surface area is 126 Å². The van der Waals surface area contributed by atoms with Crippen molar-refractivity contribution in [3.8, 4) is 5.75 Å². The lowest BCUT2D eigenvalue weighted by Gasteiger charge is -2.32. The van der Waals surface area contributed by atoms with Crippen molar-refractivity contribution in [3.63, 3.8) is 0 Å². The first-order chi connectivity index (χ1) is 9.80. The maximum Gasteiger partial charge on any atom is 0.252 e. The van der Waals surface area contributed by atoms with E-state index in [0.717, 1.165) is 5.56 Å². The second-order valence-electron chi connectivity index (χ2n) is 6.15. The molecular formula is C15H16ClF2NO2. The van der Waals surface area contributed by atoms with Crippen LogP contribution in [0.25, 0.3) is 0 Å². The van der Waals surface area contributed by atoms with Crippen molar-refractivity contribution in [3.05, 3.63) is 28.8 Å². The van der Waals surface area contributed by atoms with Gasteiger partial charge in [-0.3, -0.25) is 4.79 Å². The van der Waals surface area contributed by atoms with E-state index in [2.05, 4.69) is 0 Å². The minimum Gasteiger partial charge on any atom is -0.488 e. The van der Waals surface area contributed by atoms with Crippen molar-refractivity contribution in [2.24, 2.45) is 5.41 Å². The molecule has 2 atom stereocenters.